The fraction of sp³-hybridized carbons (Fsp3) is 0.111. The van der Waals surface area contributed by atoms with E-state index >= 15 is 0 Å². The molecule has 36 heavy (non-hydrogen) atoms. The summed E-state index contributed by atoms with van der Waals surface area (Å²) in [5.74, 6) is -0.134. The van der Waals surface area contributed by atoms with Gasteiger partial charge in [0.2, 0.25) is 0 Å². The minimum absolute atomic E-state index is 0.186. The number of carbonyl (C=O) groups excluding carboxylic acids is 2. The molecule has 0 unspecified atom stereocenters. The third kappa shape index (κ3) is 5.60. The van der Waals surface area contributed by atoms with Gasteiger partial charge in [0, 0.05) is 12.6 Å². The van der Waals surface area contributed by atoms with Gasteiger partial charge in [0.1, 0.15) is 12.4 Å². The van der Waals surface area contributed by atoms with Crippen molar-refractivity contribution in [3.8, 4) is 11.8 Å². The Morgan fingerprint density at radius 3 is 2.61 bits per heavy atom. The van der Waals surface area contributed by atoms with Gasteiger partial charge < -0.3 is 9.47 Å². The van der Waals surface area contributed by atoms with Crippen LogP contribution in [-0.2, 0) is 16.1 Å². The lowest BCUT2D eigenvalue weighted by atomic mass is 10.1. The van der Waals surface area contributed by atoms with Gasteiger partial charge in [-0.15, -0.1) is 0 Å². The van der Waals surface area contributed by atoms with Crippen LogP contribution in [0, 0.1) is 11.3 Å². The van der Waals surface area contributed by atoms with E-state index in [9.17, 15) is 14.9 Å². The summed E-state index contributed by atoms with van der Waals surface area (Å²) >= 11 is 7.67. The van der Waals surface area contributed by atoms with Crippen LogP contribution in [0.1, 0.15) is 27.0 Å². The number of nitriles is 1. The molecule has 4 rings (SSSR count). The number of nitrogens with zero attached hydrogens (tertiary/aromatic N) is 3. The van der Waals surface area contributed by atoms with Crippen LogP contribution in [0.5, 0.6) is 5.75 Å². The number of halogens is 1. The summed E-state index contributed by atoms with van der Waals surface area (Å²) < 4.78 is 10.5. The van der Waals surface area contributed by atoms with Crippen LogP contribution in [0.25, 0.3) is 6.08 Å². The van der Waals surface area contributed by atoms with Crippen LogP contribution in [0.2, 0.25) is 5.02 Å². The average Bonchev–Trinajstić information content (AvgIpc) is 3.15. The van der Waals surface area contributed by atoms with Gasteiger partial charge in [-0.05, 0) is 65.9 Å². The van der Waals surface area contributed by atoms with Crippen molar-refractivity contribution in [1.82, 2.24) is 4.90 Å². The molecule has 0 aliphatic carbocycles. The minimum atomic E-state index is -0.427. The monoisotopic (exact) mass is 517 g/mol. The first-order valence-electron chi connectivity index (χ1n) is 10.7. The third-order valence-corrected chi connectivity index (χ3v) is 6.65. The van der Waals surface area contributed by atoms with E-state index in [4.69, 9.17) is 21.1 Å². The Hall–Kier alpha value is -4.06. The van der Waals surface area contributed by atoms with E-state index in [1.807, 2.05) is 12.1 Å². The number of thioether (sulfide) groups is 1. The van der Waals surface area contributed by atoms with Crippen molar-refractivity contribution in [2.45, 2.75) is 6.61 Å². The molecule has 0 atom stereocenters. The number of amides is 1. The molecule has 1 saturated heterocycles. The Bertz CT molecular complexity index is 1430. The molecule has 0 bridgehead atoms. The van der Waals surface area contributed by atoms with E-state index < -0.39 is 5.97 Å². The summed E-state index contributed by atoms with van der Waals surface area (Å²) in [4.78, 5) is 30.9. The fourth-order valence-corrected chi connectivity index (χ4v) is 4.57. The second-order valence-electron chi connectivity index (χ2n) is 7.66. The molecule has 0 N–H and O–H groups in total. The molecular formula is C27H20ClN3O4S. The number of methoxy groups -OCH3 is 1. The Balaban J connectivity index is 1.48. The van der Waals surface area contributed by atoms with Crippen LogP contribution in [0.3, 0.4) is 0 Å². The number of benzene rings is 3. The lowest BCUT2D eigenvalue weighted by Crippen LogP contribution is -2.23. The van der Waals surface area contributed by atoms with E-state index in [2.05, 4.69) is 11.1 Å². The maximum Gasteiger partial charge on any atom is 0.337 e. The van der Waals surface area contributed by atoms with Gasteiger partial charge >= 0.3 is 5.97 Å². The van der Waals surface area contributed by atoms with Crippen LogP contribution < -0.4 is 4.74 Å². The van der Waals surface area contributed by atoms with Gasteiger partial charge in [-0.2, -0.15) is 5.26 Å². The summed E-state index contributed by atoms with van der Waals surface area (Å²) in [7, 11) is 2.98. The zero-order chi connectivity index (χ0) is 25.7. The highest BCUT2D eigenvalue weighted by molar-refractivity contribution is 8.18. The van der Waals surface area contributed by atoms with Crippen molar-refractivity contribution < 1.29 is 19.1 Å². The smallest absolute Gasteiger partial charge is 0.337 e. The molecule has 9 heteroatoms. The van der Waals surface area contributed by atoms with Gasteiger partial charge in [-0.1, -0.05) is 35.9 Å². The van der Waals surface area contributed by atoms with E-state index in [0.29, 0.717) is 37.7 Å². The van der Waals surface area contributed by atoms with Crippen molar-refractivity contribution in [3.63, 3.8) is 0 Å². The Morgan fingerprint density at radius 1 is 1.17 bits per heavy atom. The highest BCUT2D eigenvalue weighted by Gasteiger charge is 2.30. The highest BCUT2D eigenvalue weighted by Crippen LogP contribution is 2.34. The molecule has 1 aliphatic rings. The molecule has 7 nitrogen and oxygen atoms in total. The second-order valence-corrected chi connectivity index (χ2v) is 9.07. The maximum absolute atomic E-state index is 12.8. The number of esters is 1. The Kier molecular flexibility index (Phi) is 7.74. The predicted octanol–water partition coefficient (Wildman–Crippen LogP) is 5.81. The largest absolute Gasteiger partial charge is 0.487 e. The zero-order valence-electron chi connectivity index (χ0n) is 19.4. The summed E-state index contributed by atoms with van der Waals surface area (Å²) in [5.41, 5.74) is 3.08. The standard InChI is InChI=1S/C27H20ClN3O4S/c1-31-25(32)24(36-27(31)30-21-10-8-18(9-11-21)26(33)34-2)14-17-7-12-23(22(28)13-17)35-16-20-6-4-3-5-19(20)15-29/h3-14H,16H2,1-2H3. The quantitative estimate of drug-likeness (QED) is 0.302. The van der Waals surface area contributed by atoms with E-state index in [1.165, 1.54) is 23.8 Å². The van der Waals surface area contributed by atoms with E-state index in [1.54, 1.807) is 67.7 Å². The molecule has 3 aromatic rings. The Labute approximate surface area is 217 Å². The number of rotatable bonds is 6. The number of ether oxygens (including phenoxy) is 2. The van der Waals surface area contributed by atoms with E-state index in [-0.39, 0.29) is 12.5 Å². The summed E-state index contributed by atoms with van der Waals surface area (Å²) in [5, 5.41) is 10.1. The molecule has 0 spiro atoms. The van der Waals surface area contributed by atoms with Crippen molar-refractivity contribution in [3.05, 3.63) is 98.9 Å². The number of aliphatic imine (C=N–C) groups is 1. The first-order chi connectivity index (χ1) is 17.4. The second kappa shape index (κ2) is 11.1. The lowest BCUT2D eigenvalue weighted by molar-refractivity contribution is -0.121. The van der Waals surface area contributed by atoms with Gasteiger partial charge in [0.05, 0.1) is 39.9 Å². The molecule has 180 valence electrons. The van der Waals surface area contributed by atoms with Gasteiger partial charge in [-0.3, -0.25) is 9.69 Å². The first-order valence-corrected chi connectivity index (χ1v) is 11.9. The lowest BCUT2D eigenvalue weighted by Gasteiger charge is -2.10. The molecule has 0 aromatic heterocycles. The molecular weight excluding hydrogens is 498 g/mol. The van der Waals surface area contributed by atoms with E-state index in [0.717, 1.165) is 11.1 Å². The summed E-state index contributed by atoms with van der Waals surface area (Å²) in [6, 6.07) is 21.2. The number of hydrogen-bond donors (Lipinski definition) is 0. The Morgan fingerprint density at radius 2 is 1.92 bits per heavy atom. The zero-order valence-corrected chi connectivity index (χ0v) is 21.0. The molecule has 0 radical (unpaired) electrons. The van der Waals surface area contributed by atoms with Crippen molar-refractivity contribution in [2.75, 3.05) is 14.2 Å². The molecule has 1 amide bonds. The van der Waals surface area contributed by atoms with Crippen LogP contribution in [0.15, 0.2) is 76.6 Å². The number of hydrogen-bond acceptors (Lipinski definition) is 7. The molecule has 1 heterocycles. The van der Waals surface area contributed by atoms with Crippen LogP contribution in [0.4, 0.5) is 5.69 Å². The number of carbonyl (C=O) groups is 2. The fourth-order valence-electron chi connectivity index (χ4n) is 3.34. The molecule has 3 aromatic carbocycles. The SMILES string of the molecule is COC(=O)c1ccc(N=C2SC(=Cc3ccc(OCc4ccccc4C#N)c(Cl)c3)C(=O)N2C)cc1. The van der Waals surface area contributed by atoms with Crippen molar-refractivity contribution >= 4 is 52.2 Å². The molecule has 0 saturated carbocycles. The van der Waals surface area contributed by atoms with Gasteiger partial charge in [0.15, 0.2) is 5.17 Å². The summed E-state index contributed by atoms with van der Waals surface area (Å²) in [6.07, 6.45) is 1.74. The predicted molar refractivity (Wildman–Crippen MR) is 140 cm³/mol. The third-order valence-electron chi connectivity index (χ3n) is 5.29. The highest BCUT2D eigenvalue weighted by atomic mass is 35.5. The first kappa shape index (κ1) is 25.0. The molecule has 1 fully saturated rings. The van der Waals surface area contributed by atoms with Gasteiger partial charge in [-0.25, -0.2) is 9.79 Å². The minimum Gasteiger partial charge on any atom is -0.487 e. The number of amidine groups is 1. The van der Waals surface area contributed by atoms with Crippen molar-refractivity contribution in [1.29, 1.82) is 5.26 Å². The maximum atomic E-state index is 12.8. The van der Waals surface area contributed by atoms with Gasteiger partial charge in [0.25, 0.3) is 5.91 Å². The average molecular weight is 518 g/mol. The normalized spacial score (nSPS) is 15.3. The topological polar surface area (TPSA) is 92.0 Å². The summed E-state index contributed by atoms with van der Waals surface area (Å²) in [6.45, 7) is 0.212. The molecule has 1 aliphatic heterocycles. The van der Waals surface area contributed by atoms with Crippen molar-refractivity contribution in [2.24, 2.45) is 4.99 Å². The van der Waals surface area contributed by atoms with Crippen LogP contribution >= 0.6 is 23.4 Å². The number of likely N-dealkylation sites (N-methyl/N-ethyl adjacent to an activating group) is 1. The van der Waals surface area contributed by atoms with Crippen LogP contribution in [-0.4, -0.2) is 36.1 Å².